The quantitative estimate of drug-likeness (QED) is 0.733. The standard InChI is InChI=1S/C19H21N5O2/c1-12-21-8-15(16-9-24(2)23-18(16)10-25)19(22-12)26-11-13-7-14(13)17-5-3-4-6-20-17/h3-6,8-9,13-14,25H,7,10-11H2,1-2H3. The van der Waals surface area contributed by atoms with Crippen LogP contribution in [0.5, 0.6) is 5.88 Å². The first-order valence-corrected chi connectivity index (χ1v) is 8.67. The van der Waals surface area contributed by atoms with E-state index in [9.17, 15) is 5.11 Å². The summed E-state index contributed by atoms with van der Waals surface area (Å²) in [7, 11) is 1.82. The minimum Gasteiger partial charge on any atom is -0.477 e. The topological polar surface area (TPSA) is 86.0 Å². The number of rotatable bonds is 6. The first kappa shape index (κ1) is 16.7. The zero-order valence-corrected chi connectivity index (χ0v) is 14.8. The lowest BCUT2D eigenvalue weighted by molar-refractivity contribution is 0.275. The van der Waals surface area contributed by atoms with Gasteiger partial charge in [0.05, 0.1) is 24.5 Å². The molecule has 0 saturated heterocycles. The molecule has 3 aromatic rings. The van der Waals surface area contributed by atoms with Gasteiger partial charge in [0, 0.05) is 48.7 Å². The van der Waals surface area contributed by atoms with Crippen molar-refractivity contribution in [3.8, 4) is 17.0 Å². The van der Waals surface area contributed by atoms with E-state index in [1.54, 1.807) is 10.9 Å². The summed E-state index contributed by atoms with van der Waals surface area (Å²) in [6.07, 6.45) is 6.48. The van der Waals surface area contributed by atoms with E-state index in [1.807, 2.05) is 38.5 Å². The van der Waals surface area contributed by atoms with Crippen molar-refractivity contribution in [3.05, 3.63) is 54.0 Å². The molecule has 3 heterocycles. The van der Waals surface area contributed by atoms with Crippen molar-refractivity contribution in [2.75, 3.05) is 6.61 Å². The fourth-order valence-electron chi connectivity index (χ4n) is 3.20. The first-order chi connectivity index (χ1) is 12.7. The van der Waals surface area contributed by atoms with Crippen molar-refractivity contribution in [1.29, 1.82) is 0 Å². The zero-order valence-electron chi connectivity index (χ0n) is 14.8. The third kappa shape index (κ3) is 3.30. The number of hydrogen-bond acceptors (Lipinski definition) is 6. The Bertz CT molecular complexity index is 910. The second kappa shape index (κ2) is 6.84. The Morgan fingerprint density at radius 2 is 2.15 bits per heavy atom. The lowest BCUT2D eigenvalue weighted by Gasteiger charge is -2.10. The molecule has 1 N–H and O–H groups in total. The molecule has 7 nitrogen and oxygen atoms in total. The van der Waals surface area contributed by atoms with E-state index in [1.165, 1.54) is 0 Å². The van der Waals surface area contributed by atoms with Crippen LogP contribution in [0.4, 0.5) is 0 Å². The monoisotopic (exact) mass is 351 g/mol. The third-order valence-electron chi connectivity index (χ3n) is 4.64. The smallest absolute Gasteiger partial charge is 0.224 e. The Hall–Kier alpha value is -2.80. The van der Waals surface area contributed by atoms with E-state index < -0.39 is 0 Å². The summed E-state index contributed by atoms with van der Waals surface area (Å²) in [4.78, 5) is 13.2. The van der Waals surface area contributed by atoms with E-state index in [0.717, 1.165) is 23.2 Å². The minimum atomic E-state index is -0.145. The summed E-state index contributed by atoms with van der Waals surface area (Å²) in [6, 6.07) is 6.01. The Morgan fingerprint density at radius 3 is 2.92 bits per heavy atom. The summed E-state index contributed by atoms with van der Waals surface area (Å²) < 4.78 is 7.73. The van der Waals surface area contributed by atoms with Gasteiger partial charge in [-0.05, 0) is 25.5 Å². The van der Waals surface area contributed by atoms with Gasteiger partial charge in [0.1, 0.15) is 5.82 Å². The molecule has 0 aliphatic heterocycles. The first-order valence-electron chi connectivity index (χ1n) is 8.67. The summed E-state index contributed by atoms with van der Waals surface area (Å²) in [6.45, 7) is 2.27. The van der Waals surface area contributed by atoms with E-state index >= 15 is 0 Å². The molecule has 3 aromatic heterocycles. The number of aryl methyl sites for hydroxylation is 2. The lowest BCUT2D eigenvalue weighted by Crippen LogP contribution is -2.06. The molecule has 0 aromatic carbocycles. The van der Waals surface area contributed by atoms with Crippen LogP contribution in [-0.4, -0.2) is 36.4 Å². The van der Waals surface area contributed by atoms with Crippen molar-refractivity contribution in [2.45, 2.75) is 25.9 Å². The van der Waals surface area contributed by atoms with E-state index in [0.29, 0.717) is 35.8 Å². The molecule has 4 rings (SSSR count). The lowest BCUT2D eigenvalue weighted by atomic mass is 10.1. The van der Waals surface area contributed by atoms with E-state index in [4.69, 9.17) is 4.74 Å². The molecule has 1 aliphatic rings. The Balaban J connectivity index is 1.53. The zero-order chi connectivity index (χ0) is 18.1. The molecule has 0 radical (unpaired) electrons. The van der Waals surface area contributed by atoms with Gasteiger partial charge in [-0.1, -0.05) is 6.07 Å². The second-order valence-corrected chi connectivity index (χ2v) is 6.63. The maximum absolute atomic E-state index is 9.56. The van der Waals surface area contributed by atoms with E-state index in [-0.39, 0.29) is 6.61 Å². The predicted molar refractivity (Wildman–Crippen MR) is 95.5 cm³/mol. The summed E-state index contributed by atoms with van der Waals surface area (Å²) in [5.74, 6) is 2.08. The fourth-order valence-corrected chi connectivity index (χ4v) is 3.20. The van der Waals surface area contributed by atoms with Crippen LogP contribution >= 0.6 is 0 Å². The van der Waals surface area contributed by atoms with Crippen LogP contribution in [0, 0.1) is 12.8 Å². The molecule has 1 aliphatic carbocycles. The average Bonchev–Trinajstić information content (AvgIpc) is 3.34. The van der Waals surface area contributed by atoms with Crippen LogP contribution in [0.25, 0.3) is 11.1 Å². The minimum absolute atomic E-state index is 0.145. The molecule has 134 valence electrons. The largest absolute Gasteiger partial charge is 0.477 e. The molecular weight excluding hydrogens is 330 g/mol. The average molecular weight is 351 g/mol. The highest BCUT2D eigenvalue weighted by atomic mass is 16.5. The highest BCUT2D eigenvalue weighted by Gasteiger charge is 2.40. The number of pyridine rings is 1. The molecule has 2 atom stereocenters. The number of ether oxygens (including phenoxy) is 1. The summed E-state index contributed by atoms with van der Waals surface area (Å²) in [5.41, 5.74) is 3.25. The van der Waals surface area contributed by atoms with Gasteiger partial charge in [-0.3, -0.25) is 9.67 Å². The summed E-state index contributed by atoms with van der Waals surface area (Å²) in [5, 5.41) is 13.8. The number of aliphatic hydroxyl groups excluding tert-OH is 1. The molecule has 1 fully saturated rings. The van der Waals surface area contributed by atoms with Crippen LogP contribution in [-0.2, 0) is 13.7 Å². The molecule has 0 amide bonds. The van der Waals surface area contributed by atoms with Crippen molar-refractivity contribution >= 4 is 0 Å². The van der Waals surface area contributed by atoms with Crippen molar-refractivity contribution in [3.63, 3.8) is 0 Å². The van der Waals surface area contributed by atoms with Crippen molar-refractivity contribution in [2.24, 2.45) is 13.0 Å². The van der Waals surface area contributed by atoms with Crippen LogP contribution in [0.15, 0.2) is 36.8 Å². The van der Waals surface area contributed by atoms with Gasteiger partial charge in [-0.15, -0.1) is 0 Å². The maximum atomic E-state index is 9.56. The Kier molecular flexibility index (Phi) is 4.38. The molecule has 0 bridgehead atoms. The number of aliphatic hydroxyl groups is 1. The van der Waals surface area contributed by atoms with Gasteiger partial charge < -0.3 is 9.84 Å². The van der Waals surface area contributed by atoms with Gasteiger partial charge in [-0.25, -0.2) is 4.98 Å². The SMILES string of the molecule is Cc1ncc(-c2cn(C)nc2CO)c(OCC2CC2c2ccccn2)n1. The predicted octanol–water partition coefficient (Wildman–Crippen LogP) is 2.26. The van der Waals surface area contributed by atoms with Crippen LogP contribution in [0.3, 0.4) is 0 Å². The molecule has 0 spiro atoms. The Labute approximate surface area is 151 Å². The van der Waals surface area contributed by atoms with Crippen molar-refractivity contribution in [1.82, 2.24) is 24.7 Å². The maximum Gasteiger partial charge on any atom is 0.224 e. The van der Waals surface area contributed by atoms with Crippen LogP contribution in [0.2, 0.25) is 0 Å². The molecule has 7 heteroatoms. The second-order valence-electron chi connectivity index (χ2n) is 6.63. The molecular formula is C19H21N5O2. The number of aromatic nitrogens is 5. The van der Waals surface area contributed by atoms with Crippen LogP contribution < -0.4 is 4.74 Å². The molecule has 2 unspecified atom stereocenters. The normalized spacial score (nSPS) is 18.7. The number of nitrogens with zero attached hydrogens (tertiary/aromatic N) is 5. The molecule has 26 heavy (non-hydrogen) atoms. The molecule has 1 saturated carbocycles. The van der Waals surface area contributed by atoms with Gasteiger partial charge in [-0.2, -0.15) is 10.1 Å². The third-order valence-corrected chi connectivity index (χ3v) is 4.64. The fraction of sp³-hybridized carbons (Fsp3) is 0.368. The van der Waals surface area contributed by atoms with Gasteiger partial charge in [0.15, 0.2) is 0 Å². The summed E-state index contributed by atoms with van der Waals surface area (Å²) >= 11 is 0. The van der Waals surface area contributed by atoms with Gasteiger partial charge in [0.25, 0.3) is 0 Å². The number of hydrogen-bond donors (Lipinski definition) is 1. The van der Waals surface area contributed by atoms with E-state index in [2.05, 4.69) is 26.1 Å². The van der Waals surface area contributed by atoms with Gasteiger partial charge >= 0.3 is 0 Å². The van der Waals surface area contributed by atoms with Crippen LogP contribution in [0.1, 0.15) is 29.6 Å². The highest BCUT2D eigenvalue weighted by molar-refractivity contribution is 5.69. The Morgan fingerprint density at radius 1 is 1.27 bits per heavy atom. The highest BCUT2D eigenvalue weighted by Crippen LogP contribution is 2.46. The van der Waals surface area contributed by atoms with Gasteiger partial charge in [0.2, 0.25) is 5.88 Å². The van der Waals surface area contributed by atoms with Crippen molar-refractivity contribution < 1.29 is 9.84 Å².